The molecule has 0 bridgehead atoms. The molecule has 1 atom stereocenters. The molecule has 0 saturated carbocycles. The first-order chi connectivity index (χ1) is 11.3. The van der Waals surface area contributed by atoms with E-state index in [0.29, 0.717) is 29.5 Å². The van der Waals surface area contributed by atoms with Crippen molar-refractivity contribution in [2.24, 2.45) is 11.8 Å². The van der Waals surface area contributed by atoms with Crippen LogP contribution >= 0.6 is 11.6 Å². The van der Waals surface area contributed by atoms with Gasteiger partial charge in [-0.15, -0.1) is 0 Å². The first-order valence-electron chi connectivity index (χ1n) is 8.53. The number of amides is 1. The van der Waals surface area contributed by atoms with Gasteiger partial charge < -0.3 is 10.1 Å². The van der Waals surface area contributed by atoms with E-state index in [0.717, 1.165) is 12.8 Å². The predicted molar refractivity (Wildman–Crippen MR) is 97.2 cm³/mol. The molecule has 1 amide bonds. The average molecular weight is 354 g/mol. The quantitative estimate of drug-likeness (QED) is 0.526. The highest BCUT2D eigenvalue weighted by Gasteiger charge is 2.24. The summed E-state index contributed by atoms with van der Waals surface area (Å²) in [4.78, 5) is 24.7. The van der Waals surface area contributed by atoms with Crippen LogP contribution in [0, 0.1) is 11.8 Å². The van der Waals surface area contributed by atoms with E-state index >= 15 is 0 Å². The van der Waals surface area contributed by atoms with E-state index in [1.807, 2.05) is 13.8 Å². The number of esters is 1. The van der Waals surface area contributed by atoms with Crippen LogP contribution in [0.15, 0.2) is 24.3 Å². The van der Waals surface area contributed by atoms with Gasteiger partial charge in [0, 0.05) is 0 Å². The van der Waals surface area contributed by atoms with Crippen molar-refractivity contribution in [1.82, 2.24) is 5.32 Å². The molecule has 1 aromatic rings. The zero-order valence-corrected chi connectivity index (χ0v) is 15.7. The second-order valence-corrected chi connectivity index (χ2v) is 7.25. The van der Waals surface area contributed by atoms with Crippen LogP contribution in [-0.2, 0) is 9.53 Å². The smallest absolute Gasteiger partial charge is 0.328 e. The maximum Gasteiger partial charge on any atom is 0.328 e. The number of ether oxygens (including phenoxy) is 1. The highest BCUT2D eigenvalue weighted by molar-refractivity contribution is 6.33. The van der Waals surface area contributed by atoms with Crippen LogP contribution in [0.4, 0.5) is 0 Å². The van der Waals surface area contributed by atoms with Crippen LogP contribution in [0.1, 0.15) is 57.3 Å². The molecular formula is C19H28ClNO3. The lowest BCUT2D eigenvalue weighted by Gasteiger charge is -2.20. The Bertz CT molecular complexity index is 543. The molecule has 0 aromatic heterocycles. The molecule has 0 radical (unpaired) electrons. The number of benzene rings is 1. The fraction of sp³-hybridized carbons (Fsp3) is 0.579. The monoisotopic (exact) mass is 353 g/mol. The van der Waals surface area contributed by atoms with Crippen molar-refractivity contribution in [3.05, 3.63) is 34.9 Å². The Hall–Kier alpha value is -1.55. The van der Waals surface area contributed by atoms with Gasteiger partial charge in [0.05, 0.1) is 17.2 Å². The molecule has 0 heterocycles. The summed E-state index contributed by atoms with van der Waals surface area (Å²) in [6.45, 7) is 8.65. The van der Waals surface area contributed by atoms with Crippen molar-refractivity contribution in [1.29, 1.82) is 0 Å². The normalized spacial score (nSPS) is 12.3. The minimum Gasteiger partial charge on any atom is -0.464 e. The first kappa shape index (κ1) is 20.5. The van der Waals surface area contributed by atoms with Crippen LogP contribution in [0.3, 0.4) is 0 Å². The summed E-state index contributed by atoms with van der Waals surface area (Å²) in [5, 5.41) is 3.12. The highest BCUT2D eigenvalue weighted by Crippen LogP contribution is 2.16. The Labute approximate surface area is 149 Å². The maximum atomic E-state index is 12.4. The topological polar surface area (TPSA) is 55.4 Å². The molecule has 24 heavy (non-hydrogen) atoms. The molecule has 0 aliphatic rings. The maximum absolute atomic E-state index is 12.4. The number of nitrogens with one attached hydrogen (secondary N) is 1. The summed E-state index contributed by atoms with van der Waals surface area (Å²) in [6, 6.07) is 6.12. The SMILES string of the molecule is CC(C)CCCOC(=O)C(CC(C)C)NC(=O)c1ccccc1Cl. The summed E-state index contributed by atoms with van der Waals surface area (Å²) in [5.41, 5.74) is 0.362. The van der Waals surface area contributed by atoms with Crippen molar-refractivity contribution in [2.75, 3.05) is 6.61 Å². The van der Waals surface area contributed by atoms with Crippen molar-refractivity contribution in [2.45, 2.75) is 53.0 Å². The van der Waals surface area contributed by atoms with Crippen molar-refractivity contribution >= 4 is 23.5 Å². The zero-order valence-electron chi connectivity index (χ0n) is 15.0. The number of hydrogen-bond acceptors (Lipinski definition) is 3. The summed E-state index contributed by atoms with van der Waals surface area (Å²) < 4.78 is 5.34. The van der Waals surface area contributed by atoms with E-state index < -0.39 is 6.04 Å². The number of carbonyl (C=O) groups excluding carboxylic acids is 2. The van der Waals surface area contributed by atoms with Gasteiger partial charge in [-0.3, -0.25) is 4.79 Å². The number of hydrogen-bond donors (Lipinski definition) is 1. The van der Waals surface area contributed by atoms with E-state index in [9.17, 15) is 9.59 Å². The fourth-order valence-electron chi connectivity index (χ4n) is 2.33. The number of carbonyl (C=O) groups is 2. The van der Waals surface area contributed by atoms with Crippen LogP contribution in [0.5, 0.6) is 0 Å². The van der Waals surface area contributed by atoms with Crippen LogP contribution < -0.4 is 5.32 Å². The molecule has 1 aromatic carbocycles. The molecule has 0 spiro atoms. The molecule has 1 unspecified atom stereocenters. The molecule has 1 rings (SSSR count). The molecule has 0 fully saturated rings. The standard InChI is InChI=1S/C19H28ClNO3/c1-13(2)8-7-11-24-19(23)17(12-14(3)4)21-18(22)15-9-5-6-10-16(15)20/h5-6,9-10,13-14,17H,7-8,11-12H2,1-4H3,(H,21,22). The van der Waals surface area contributed by atoms with Gasteiger partial charge in [-0.2, -0.15) is 0 Å². The third-order valence-electron chi connectivity index (χ3n) is 3.59. The summed E-state index contributed by atoms with van der Waals surface area (Å²) >= 11 is 6.04. The van der Waals surface area contributed by atoms with Gasteiger partial charge in [-0.05, 0) is 43.2 Å². The van der Waals surface area contributed by atoms with E-state index in [2.05, 4.69) is 19.2 Å². The summed E-state index contributed by atoms with van der Waals surface area (Å²) in [7, 11) is 0. The Balaban J connectivity index is 2.66. The molecule has 0 aliphatic carbocycles. The predicted octanol–water partition coefficient (Wildman–Crippen LogP) is 4.46. The van der Waals surface area contributed by atoms with Gasteiger partial charge in [0.2, 0.25) is 0 Å². The Morgan fingerprint density at radius 2 is 1.79 bits per heavy atom. The van der Waals surface area contributed by atoms with Crippen LogP contribution in [0.2, 0.25) is 5.02 Å². The van der Waals surface area contributed by atoms with E-state index in [1.54, 1.807) is 24.3 Å². The van der Waals surface area contributed by atoms with Crippen molar-refractivity contribution in [3.8, 4) is 0 Å². The third-order valence-corrected chi connectivity index (χ3v) is 3.92. The van der Waals surface area contributed by atoms with Crippen LogP contribution in [-0.4, -0.2) is 24.5 Å². The van der Waals surface area contributed by atoms with Gasteiger partial charge in [0.15, 0.2) is 0 Å². The van der Waals surface area contributed by atoms with Gasteiger partial charge >= 0.3 is 5.97 Å². The Kier molecular flexibility index (Phi) is 8.83. The lowest BCUT2D eigenvalue weighted by atomic mass is 10.0. The first-order valence-corrected chi connectivity index (χ1v) is 8.91. The Morgan fingerprint density at radius 3 is 2.38 bits per heavy atom. The lowest BCUT2D eigenvalue weighted by Crippen LogP contribution is -2.43. The molecule has 0 saturated heterocycles. The van der Waals surface area contributed by atoms with Gasteiger partial charge in [0.1, 0.15) is 6.04 Å². The Morgan fingerprint density at radius 1 is 1.12 bits per heavy atom. The molecule has 4 nitrogen and oxygen atoms in total. The van der Waals surface area contributed by atoms with E-state index in [4.69, 9.17) is 16.3 Å². The van der Waals surface area contributed by atoms with Gasteiger partial charge in [0.25, 0.3) is 5.91 Å². The lowest BCUT2D eigenvalue weighted by molar-refractivity contribution is -0.146. The van der Waals surface area contributed by atoms with E-state index in [1.165, 1.54) is 0 Å². The second-order valence-electron chi connectivity index (χ2n) is 6.84. The zero-order chi connectivity index (χ0) is 18.1. The summed E-state index contributed by atoms with van der Waals surface area (Å²) in [5.74, 6) is 0.0955. The molecule has 134 valence electrons. The number of halogens is 1. The number of rotatable bonds is 9. The minimum absolute atomic E-state index is 0.254. The second kappa shape index (κ2) is 10.3. The van der Waals surface area contributed by atoms with Crippen molar-refractivity contribution < 1.29 is 14.3 Å². The highest BCUT2D eigenvalue weighted by atomic mass is 35.5. The molecule has 0 aliphatic heterocycles. The fourth-order valence-corrected chi connectivity index (χ4v) is 2.55. The molecular weight excluding hydrogens is 326 g/mol. The largest absolute Gasteiger partial charge is 0.464 e. The average Bonchev–Trinajstić information content (AvgIpc) is 2.50. The van der Waals surface area contributed by atoms with Gasteiger partial charge in [-0.25, -0.2) is 4.79 Å². The van der Waals surface area contributed by atoms with E-state index in [-0.39, 0.29) is 17.8 Å². The molecule has 5 heteroatoms. The minimum atomic E-state index is -0.659. The van der Waals surface area contributed by atoms with Crippen LogP contribution in [0.25, 0.3) is 0 Å². The van der Waals surface area contributed by atoms with Crippen molar-refractivity contribution in [3.63, 3.8) is 0 Å². The summed E-state index contributed by atoms with van der Waals surface area (Å²) in [6.07, 6.45) is 2.36. The molecule has 1 N–H and O–H groups in total. The third kappa shape index (κ3) is 7.35. The van der Waals surface area contributed by atoms with Gasteiger partial charge in [-0.1, -0.05) is 51.4 Å².